The number of aryl methyl sites for hydroxylation is 1. The highest BCUT2D eigenvalue weighted by Crippen LogP contribution is 2.30. The fourth-order valence-corrected chi connectivity index (χ4v) is 2.24. The fourth-order valence-electron chi connectivity index (χ4n) is 2.17. The van der Waals surface area contributed by atoms with Crippen LogP contribution in [0.2, 0.25) is 0 Å². The second-order valence-corrected chi connectivity index (χ2v) is 4.73. The number of aromatic amines is 1. The van der Waals surface area contributed by atoms with Crippen molar-refractivity contribution in [1.82, 2.24) is 9.55 Å². The van der Waals surface area contributed by atoms with Gasteiger partial charge >= 0.3 is 5.69 Å². The number of aromatic nitrogens is 2. The van der Waals surface area contributed by atoms with Crippen LogP contribution in [-0.2, 0) is 4.74 Å². The van der Waals surface area contributed by atoms with E-state index in [9.17, 15) is 9.59 Å². The smallest absolute Gasteiger partial charge is 0.330 e. The van der Waals surface area contributed by atoms with Crippen molar-refractivity contribution >= 4 is 17.4 Å². The van der Waals surface area contributed by atoms with E-state index in [2.05, 4.69) is 37.4 Å². The average molecular weight is 308 g/mol. The summed E-state index contributed by atoms with van der Waals surface area (Å²) in [5.41, 5.74) is 7.95. The lowest BCUT2D eigenvalue weighted by molar-refractivity contribution is 0.00189. The minimum absolute atomic E-state index is 0.195. The maximum Gasteiger partial charge on any atom is 0.330 e. The molecule has 0 radical (unpaired) electrons. The number of thiocarbonyl (C=S) groups is 1. The Hall–Kier alpha value is -2.25. The predicted octanol–water partition coefficient (Wildman–Crippen LogP) is 0.914. The van der Waals surface area contributed by atoms with Crippen LogP contribution >= 0.6 is 12.2 Å². The first-order valence-corrected chi connectivity index (χ1v) is 6.53. The molecule has 1 saturated heterocycles. The molecule has 1 aromatic heterocycles. The molecule has 0 saturated carbocycles. The molecule has 0 aliphatic carbocycles. The Labute approximate surface area is 123 Å². The van der Waals surface area contributed by atoms with Gasteiger partial charge in [0.15, 0.2) is 0 Å². The fraction of sp³-hybridized carbons (Fsp3) is 0.545. The van der Waals surface area contributed by atoms with Gasteiger partial charge < -0.3 is 4.74 Å². The topological polar surface area (TPSA) is 125 Å². The second kappa shape index (κ2) is 6.47. The summed E-state index contributed by atoms with van der Waals surface area (Å²) in [6.07, 6.45) is 0.617. The third-order valence-corrected chi connectivity index (χ3v) is 3.33. The Bertz CT molecular complexity index is 743. The number of hydrogen-bond donors (Lipinski definition) is 1. The van der Waals surface area contributed by atoms with Gasteiger partial charge in [0.1, 0.15) is 6.23 Å². The lowest BCUT2D eigenvalue weighted by Crippen LogP contribution is -2.33. The number of rotatable bonds is 4. The van der Waals surface area contributed by atoms with Crippen molar-refractivity contribution in [2.75, 3.05) is 6.54 Å². The first kappa shape index (κ1) is 15.1. The van der Waals surface area contributed by atoms with Crippen LogP contribution < -0.4 is 11.2 Å². The first-order chi connectivity index (χ1) is 10.1. The minimum Gasteiger partial charge on any atom is -0.352 e. The van der Waals surface area contributed by atoms with Crippen LogP contribution in [0, 0.1) is 6.92 Å². The number of nitrogens with zero attached hydrogens (tertiary/aromatic N) is 5. The minimum atomic E-state index is -0.631. The molecule has 1 aliphatic heterocycles. The summed E-state index contributed by atoms with van der Waals surface area (Å²) in [5, 5.41) is 5.87. The van der Waals surface area contributed by atoms with Gasteiger partial charge in [-0.25, -0.2) is 9.79 Å². The number of ether oxygens (including phenoxy) is 1. The van der Waals surface area contributed by atoms with Gasteiger partial charge in [-0.1, -0.05) is 5.11 Å². The summed E-state index contributed by atoms with van der Waals surface area (Å²) in [4.78, 5) is 32.0. The molecule has 1 N–H and O–H groups in total. The SMILES string of the molecule is Cc1cn([C@H]2C[C@H](N=[N+]=[N-])[C@@H](CN=C=S)O2)c(=O)[nH]c1=O. The molecule has 9 nitrogen and oxygen atoms in total. The Morgan fingerprint density at radius 1 is 1.67 bits per heavy atom. The zero-order valence-corrected chi connectivity index (χ0v) is 11.9. The summed E-state index contributed by atoms with van der Waals surface area (Å²) in [6.45, 7) is 1.78. The lowest BCUT2D eigenvalue weighted by Gasteiger charge is -2.15. The predicted molar refractivity (Wildman–Crippen MR) is 77.4 cm³/mol. The van der Waals surface area contributed by atoms with Crippen molar-refractivity contribution in [1.29, 1.82) is 0 Å². The molecule has 0 unspecified atom stereocenters. The van der Waals surface area contributed by atoms with Gasteiger partial charge in [0, 0.05) is 23.1 Å². The number of aliphatic imine (C=N–C) groups is 1. The van der Waals surface area contributed by atoms with Gasteiger partial charge in [-0.3, -0.25) is 14.3 Å². The molecule has 0 spiro atoms. The van der Waals surface area contributed by atoms with Crippen LogP contribution in [0.3, 0.4) is 0 Å². The highest BCUT2D eigenvalue weighted by Gasteiger charge is 2.36. The van der Waals surface area contributed by atoms with E-state index < -0.39 is 29.6 Å². The molecule has 21 heavy (non-hydrogen) atoms. The standard InChI is InChI=1S/C11H12N6O3S/c1-6-4-17(11(19)14-10(6)18)9-2-7(15-16-12)8(20-9)3-13-5-21/h4,7-9H,2-3H2,1H3,(H,14,18,19)/t7-,8+,9+/m0/s1. The number of hydrogen-bond acceptors (Lipinski definition) is 6. The Morgan fingerprint density at radius 2 is 2.43 bits per heavy atom. The van der Waals surface area contributed by atoms with Crippen LogP contribution in [-0.4, -0.2) is 33.4 Å². The van der Waals surface area contributed by atoms with E-state index in [1.165, 1.54) is 10.8 Å². The summed E-state index contributed by atoms with van der Waals surface area (Å²) < 4.78 is 6.96. The van der Waals surface area contributed by atoms with Crippen molar-refractivity contribution in [2.45, 2.75) is 31.7 Å². The molecule has 2 heterocycles. The first-order valence-electron chi connectivity index (χ1n) is 6.12. The molecule has 3 atom stereocenters. The number of azide groups is 1. The number of isothiocyanates is 1. The number of H-pyrrole nitrogens is 1. The Morgan fingerprint density at radius 3 is 3.10 bits per heavy atom. The van der Waals surface area contributed by atoms with Gasteiger partial charge in [-0.15, -0.1) is 0 Å². The highest BCUT2D eigenvalue weighted by atomic mass is 32.1. The van der Waals surface area contributed by atoms with Gasteiger partial charge in [0.2, 0.25) is 0 Å². The van der Waals surface area contributed by atoms with Gasteiger partial charge in [-0.05, 0) is 24.7 Å². The monoisotopic (exact) mass is 308 g/mol. The molecule has 0 amide bonds. The Kier molecular flexibility index (Phi) is 4.66. The molecule has 1 fully saturated rings. The lowest BCUT2D eigenvalue weighted by atomic mass is 10.1. The average Bonchev–Trinajstić information content (AvgIpc) is 2.84. The van der Waals surface area contributed by atoms with Crippen molar-refractivity contribution in [3.05, 3.63) is 43.0 Å². The van der Waals surface area contributed by atoms with E-state index in [1.54, 1.807) is 6.92 Å². The highest BCUT2D eigenvalue weighted by molar-refractivity contribution is 7.78. The summed E-state index contributed by atoms with van der Waals surface area (Å²) in [6, 6.07) is -0.466. The molecule has 0 bridgehead atoms. The summed E-state index contributed by atoms with van der Waals surface area (Å²) in [5.74, 6) is 0. The van der Waals surface area contributed by atoms with E-state index in [0.29, 0.717) is 12.0 Å². The van der Waals surface area contributed by atoms with E-state index in [4.69, 9.17) is 10.3 Å². The second-order valence-electron chi connectivity index (χ2n) is 4.55. The van der Waals surface area contributed by atoms with Gasteiger partial charge in [-0.2, -0.15) is 0 Å². The maximum atomic E-state index is 11.8. The molecule has 1 aromatic rings. The third kappa shape index (κ3) is 3.26. The number of nitrogens with one attached hydrogen (secondary N) is 1. The van der Waals surface area contributed by atoms with E-state index >= 15 is 0 Å². The van der Waals surface area contributed by atoms with Crippen molar-refractivity contribution in [3.8, 4) is 0 Å². The summed E-state index contributed by atoms with van der Waals surface area (Å²) in [7, 11) is 0. The zero-order chi connectivity index (χ0) is 15.4. The van der Waals surface area contributed by atoms with E-state index in [1.807, 2.05) is 0 Å². The van der Waals surface area contributed by atoms with Crippen LogP contribution in [0.15, 0.2) is 25.9 Å². The van der Waals surface area contributed by atoms with Crippen LogP contribution in [0.4, 0.5) is 0 Å². The third-order valence-electron chi connectivity index (χ3n) is 3.20. The molecule has 1 aliphatic rings. The molecule has 110 valence electrons. The largest absolute Gasteiger partial charge is 0.352 e. The zero-order valence-electron chi connectivity index (χ0n) is 11.1. The Balaban J connectivity index is 2.32. The van der Waals surface area contributed by atoms with E-state index in [0.717, 1.165) is 0 Å². The molecular formula is C11H12N6O3S. The van der Waals surface area contributed by atoms with Crippen molar-refractivity contribution in [3.63, 3.8) is 0 Å². The summed E-state index contributed by atoms with van der Waals surface area (Å²) >= 11 is 4.49. The van der Waals surface area contributed by atoms with Crippen molar-refractivity contribution < 1.29 is 4.74 Å². The van der Waals surface area contributed by atoms with Crippen LogP contribution in [0.1, 0.15) is 18.2 Å². The van der Waals surface area contributed by atoms with Crippen LogP contribution in [0.25, 0.3) is 10.4 Å². The van der Waals surface area contributed by atoms with Gasteiger partial charge in [0.25, 0.3) is 5.56 Å². The molecule has 10 heteroatoms. The quantitative estimate of drug-likeness (QED) is 0.292. The normalized spacial score (nSPS) is 24.1. The van der Waals surface area contributed by atoms with Crippen LogP contribution in [0.5, 0.6) is 0 Å². The molecule has 2 rings (SSSR count). The maximum absolute atomic E-state index is 11.8. The van der Waals surface area contributed by atoms with E-state index in [-0.39, 0.29) is 6.54 Å². The van der Waals surface area contributed by atoms with Gasteiger partial charge in [0.05, 0.1) is 23.9 Å². The molecular weight excluding hydrogens is 296 g/mol. The van der Waals surface area contributed by atoms with Crippen molar-refractivity contribution in [2.24, 2.45) is 10.1 Å². The molecule has 0 aromatic carbocycles.